The molecule has 0 heterocycles. The largest absolute Gasteiger partial charge is 0.480 e. The van der Waals surface area contributed by atoms with Crippen LogP contribution in [0.5, 0.6) is 0 Å². The summed E-state index contributed by atoms with van der Waals surface area (Å²) in [5, 5.41) is 8.89. The summed E-state index contributed by atoms with van der Waals surface area (Å²) < 4.78 is 33.3. The highest BCUT2D eigenvalue weighted by Crippen LogP contribution is 2.43. The summed E-state index contributed by atoms with van der Waals surface area (Å²) in [7, 11) is -4.61. The molecule has 316 valence electrons. The minimum atomic E-state index is -4.61. The molecule has 0 spiro atoms. The van der Waals surface area contributed by atoms with Crippen LogP contribution in [-0.2, 0) is 32.7 Å². The third-order valence-electron chi connectivity index (χ3n) is 9.89. The van der Waals surface area contributed by atoms with Gasteiger partial charge in [-0.05, 0) is 12.8 Å². The number of unbranched alkanes of at least 4 members (excludes halogenated alkanes) is 29. The molecule has 0 aliphatic carbocycles. The second-order valence-electron chi connectivity index (χ2n) is 15.2. The fourth-order valence-corrected chi connectivity index (χ4v) is 7.21. The molecule has 11 heteroatoms. The van der Waals surface area contributed by atoms with Crippen LogP contribution in [0.3, 0.4) is 0 Å². The molecule has 53 heavy (non-hydrogen) atoms. The van der Waals surface area contributed by atoms with Gasteiger partial charge in [0.05, 0.1) is 19.8 Å². The Morgan fingerprint density at radius 1 is 0.528 bits per heavy atom. The van der Waals surface area contributed by atoms with Gasteiger partial charge in [-0.25, -0.2) is 4.57 Å². The molecule has 0 amide bonds. The Hall–Kier alpha value is -1.03. The summed E-state index contributed by atoms with van der Waals surface area (Å²) in [6.45, 7) is 3.93. The normalized spacial score (nSPS) is 13.9. The molecule has 0 saturated carbocycles. The van der Waals surface area contributed by atoms with Gasteiger partial charge < -0.3 is 25.2 Å². The Balaban J connectivity index is 4.16. The highest BCUT2D eigenvalue weighted by atomic mass is 31.2. The number of hydrogen-bond donors (Lipinski definition) is 3. The quantitative estimate of drug-likeness (QED) is 0.0309. The summed E-state index contributed by atoms with van der Waals surface area (Å²) in [4.78, 5) is 33.5. The minimum Gasteiger partial charge on any atom is -0.480 e. The predicted octanol–water partition coefficient (Wildman–Crippen LogP) is 12.0. The Labute approximate surface area is 325 Å². The van der Waals surface area contributed by atoms with E-state index < -0.39 is 45.1 Å². The molecule has 0 bridgehead atoms. The average Bonchev–Trinajstić information content (AvgIpc) is 3.13. The van der Waals surface area contributed by atoms with Crippen molar-refractivity contribution in [2.45, 2.75) is 231 Å². The van der Waals surface area contributed by atoms with Crippen molar-refractivity contribution in [2.75, 3.05) is 26.4 Å². The molecule has 0 aromatic carbocycles. The number of esters is 1. The zero-order valence-electron chi connectivity index (χ0n) is 34.4. The van der Waals surface area contributed by atoms with Crippen LogP contribution < -0.4 is 5.73 Å². The second-order valence-corrected chi connectivity index (χ2v) is 16.6. The lowest BCUT2D eigenvalue weighted by Gasteiger charge is -2.20. The van der Waals surface area contributed by atoms with E-state index in [1.54, 1.807) is 0 Å². The molecule has 3 unspecified atom stereocenters. The van der Waals surface area contributed by atoms with Crippen LogP contribution in [0.1, 0.15) is 219 Å². The zero-order chi connectivity index (χ0) is 39.1. The number of carboxylic acids is 1. The van der Waals surface area contributed by atoms with Crippen molar-refractivity contribution >= 4 is 19.8 Å². The van der Waals surface area contributed by atoms with Crippen molar-refractivity contribution in [3.8, 4) is 0 Å². The summed E-state index contributed by atoms with van der Waals surface area (Å²) in [5.74, 6) is -1.76. The molecule has 0 saturated heterocycles. The highest BCUT2D eigenvalue weighted by Gasteiger charge is 2.27. The number of carbonyl (C=O) groups excluding carboxylic acids is 1. The van der Waals surface area contributed by atoms with Crippen LogP contribution in [0.4, 0.5) is 0 Å². The van der Waals surface area contributed by atoms with E-state index in [0.29, 0.717) is 6.61 Å². The number of carboxylic acid groups (broad SMARTS) is 1. The Morgan fingerprint density at radius 3 is 1.25 bits per heavy atom. The first kappa shape index (κ1) is 52.0. The minimum absolute atomic E-state index is 0.0256. The smallest absolute Gasteiger partial charge is 0.472 e. The van der Waals surface area contributed by atoms with Crippen molar-refractivity contribution in [3.05, 3.63) is 0 Å². The molecular weight excluding hydrogens is 693 g/mol. The molecule has 0 aliphatic heterocycles. The SMILES string of the molecule is CCCCCCCCCCCCCCCCCCCCC(=O)OC(COCCCCCCCCCCCCCCC)COP(=O)(O)OCC(N)C(=O)O. The molecule has 0 radical (unpaired) electrons. The van der Waals surface area contributed by atoms with Crippen LogP contribution in [-0.4, -0.2) is 60.5 Å². The summed E-state index contributed by atoms with van der Waals surface area (Å²) in [6.07, 6.45) is 38.6. The van der Waals surface area contributed by atoms with Gasteiger partial charge >= 0.3 is 19.8 Å². The molecule has 10 nitrogen and oxygen atoms in total. The number of carbonyl (C=O) groups is 2. The van der Waals surface area contributed by atoms with Gasteiger partial charge in [-0.15, -0.1) is 0 Å². The number of rotatable bonds is 43. The summed E-state index contributed by atoms with van der Waals surface area (Å²) in [5.41, 5.74) is 5.35. The zero-order valence-corrected chi connectivity index (χ0v) is 35.3. The maximum absolute atomic E-state index is 12.6. The molecule has 3 atom stereocenters. The van der Waals surface area contributed by atoms with Crippen molar-refractivity contribution < 1.29 is 42.7 Å². The number of hydrogen-bond acceptors (Lipinski definition) is 8. The van der Waals surface area contributed by atoms with Gasteiger partial charge in [0.2, 0.25) is 0 Å². The molecule has 0 fully saturated rings. The second kappa shape index (κ2) is 39.2. The van der Waals surface area contributed by atoms with Gasteiger partial charge in [-0.3, -0.25) is 18.6 Å². The number of nitrogens with two attached hydrogens (primary N) is 1. The lowest BCUT2D eigenvalue weighted by atomic mass is 10.0. The maximum atomic E-state index is 12.6. The first-order valence-electron chi connectivity index (χ1n) is 22.1. The first-order chi connectivity index (χ1) is 25.7. The van der Waals surface area contributed by atoms with Gasteiger partial charge in [0, 0.05) is 13.0 Å². The van der Waals surface area contributed by atoms with E-state index in [0.717, 1.165) is 38.5 Å². The van der Waals surface area contributed by atoms with Crippen LogP contribution in [0.15, 0.2) is 0 Å². The van der Waals surface area contributed by atoms with Gasteiger partial charge in [0.25, 0.3) is 0 Å². The summed E-state index contributed by atoms with van der Waals surface area (Å²) in [6, 6.07) is -1.47. The van der Waals surface area contributed by atoms with E-state index >= 15 is 0 Å². The fourth-order valence-electron chi connectivity index (χ4n) is 6.43. The monoisotopic (exact) mass is 778 g/mol. The first-order valence-corrected chi connectivity index (χ1v) is 23.6. The van der Waals surface area contributed by atoms with E-state index in [-0.39, 0.29) is 13.0 Å². The van der Waals surface area contributed by atoms with E-state index in [4.69, 9.17) is 29.4 Å². The average molecular weight is 778 g/mol. The van der Waals surface area contributed by atoms with E-state index in [9.17, 15) is 19.0 Å². The summed E-state index contributed by atoms with van der Waals surface area (Å²) >= 11 is 0. The molecule has 0 aromatic rings. The predicted molar refractivity (Wildman–Crippen MR) is 217 cm³/mol. The standard InChI is InChI=1S/C42H84NO9P/c1-3-5-7-9-11-13-15-17-18-19-20-21-22-24-26-28-30-32-34-41(44)52-39(37-50-53(47,48)51-38-40(43)42(45)46)36-49-35-33-31-29-27-25-23-16-14-12-10-8-6-4-2/h39-40H,3-38,43H2,1-2H3,(H,45,46)(H,47,48). The third kappa shape index (κ3) is 39.0. The number of phosphoric acid groups is 1. The maximum Gasteiger partial charge on any atom is 0.472 e. The van der Waals surface area contributed by atoms with Crippen molar-refractivity contribution in [3.63, 3.8) is 0 Å². The van der Waals surface area contributed by atoms with Crippen LogP contribution in [0.2, 0.25) is 0 Å². The fraction of sp³-hybridized carbons (Fsp3) is 0.952. The Kier molecular flexibility index (Phi) is 38.5. The Morgan fingerprint density at radius 2 is 0.868 bits per heavy atom. The Bertz CT molecular complexity index is 862. The van der Waals surface area contributed by atoms with Gasteiger partial charge in [0.15, 0.2) is 0 Å². The molecule has 4 N–H and O–H groups in total. The molecule has 0 rings (SSSR count). The number of phosphoric ester groups is 1. The van der Waals surface area contributed by atoms with Crippen LogP contribution in [0, 0.1) is 0 Å². The topological polar surface area (TPSA) is 155 Å². The van der Waals surface area contributed by atoms with Gasteiger partial charge in [0.1, 0.15) is 12.1 Å². The van der Waals surface area contributed by atoms with Crippen molar-refractivity contribution in [1.29, 1.82) is 0 Å². The molecule has 0 aromatic heterocycles. The molecular formula is C42H84NO9P. The lowest BCUT2D eigenvalue weighted by Crippen LogP contribution is -2.34. The van der Waals surface area contributed by atoms with Gasteiger partial charge in [-0.1, -0.05) is 200 Å². The lowest BCUT2D eigenvalue weighted by molar-refractivity contribution is -0.154. The number of ether oxygens (including phenoxy) is 2. The van der Waals surface area contributed by atoms with E-state index in [1.165, 1.54) is 161 Å². The van der Waals surface area contributed by atoms with Crippen LogP contribution >= 0.6 is 7.82 Å². The third-order valence-corrected chi connectivity index (χ3v) is 10.8. The highest BCUT2D eigenvalue weighted by molar-refractivity contribution is 7.47. The van der Waals surface area contributed by atoms with Crippen LogP contribution in [0.25, 0.3) is 0 Å². The van der Waals surface area contributed by atoms with Gasteiger partial charge in [-0.2, -0.15) is 0 Å². The molecule has 0 aliphatic rings. The van der Waals surface area contributed by atoms with E-state index in [2.05, 4.69) is 13.8 Å². The van der Waals surface area contributed by atoms with Crippen molar-refractivity contribution in [2.24, 2.45) is 5.73 Å². The van der Waals surface area contributed by atoms with E-state index in [1.807, 2.05) is 0 Å². The van der Waals surface area contributed by atoms with Crippen molar-refractivity contribution in [1.82, 2.24) is 0 Å². The number of aliphatic carboxylic acids is 1.